The number of rotatable bonds is 0. The Hall–Kier alpha value is -3.16. The van der Waals surface area contributed by atoms with Crippen molar-refractivity contribution in [2.24, 2.45) is 0 Å². The topological polar surface area (TPSA) is 71.8 Å². The molecule has 8 heteroatoms. The Morgan fingerprint density at radius 1 is 1.33 bits per heavy atom. The molecule has 1 fully saturated rings. The molecule has 27 heavy (non-hydrogen) atoms. The first-order valence-corrected chi connectivity index (χ1v) is 8.95. The van der Waals surface area contributed by atoms with Crippen LogP contribution in [0, 0.1) is 5.82 Å². The maximum Gasteiger partial charge on any atom is 0.259 e. The number of aromatic nitrogens is 3. The third-order valence-electron chi connectivity index (χ3n) is 5.13. The first-order valence-electron chi connectivity index (χ1n) is 8.95. The van der Waals surface area contributed by atoms with Gasteiger partial charge in [0.2, 0.25) is 0 Å². The monoisotopic (exact) mass is 367 g/mol. The van der Waals surface area contributed by atoms with Crippen molar-refractivity contribution in [3.8, 4) is 5.75 Å². The summed E-state index contributed by atoms with van der Waals surface area (Å²) in [7, 11) is 0. The lowest BCUT2D eigenvalue weighted by molar-refractivity contribution is 0.0774. The largest absolute Gasteiger partial charge is 0.488 e. The molecular formula is C19H18FN5O2. The summed E-state index contributed by atoms with van der Waals surface area (Å²) < 4.78 is 21.6. The predicted octanol–water partition coefficient (Wildman–Crippen LogP) is 2.65. The summed E-state index contributed by atoms with van der Waals surface area (Å²) in [5, 5.41) is 7.50. The number of ether oxygens (including phenoxy) is 1. The Bertz CT molecular complexity index is 1050. The number of carbonyl (C=O) groups is 1. The van der Waals surface area contributed by atoms with Gasteiger partial charge in [0.1, 0.15) is 29.1 Å². The second-order valence-corrected chi connectivity index (χ2v) is 6.97. The van der Waals surface area contributed by atoms with Crippen molar-refractivity contribution in [2.75, 3.05) is 18.4 Å². The molecule has 0 spiro atoms. The fourth-order valence-electron chi connectivity index (χ4n) is 3.72. The minimum absolute atomic E-state index is 0.104. The van der Waals surface area contributed by atoms with E-state index in [-0.39, 0.29) is 23.9 Å². The highest BCUT2D eigenvalue weighted by atomic mass is 19.1. The molecule has 3 aromatic rings. The average Bonchev–Trinajstić information content (AvgIpc) is 3.28. The Labute approximate surface area is 154 Å². The highest BCUT2D eigenvalue weighted by Gasteiger charge is 2.31. The van der Waals surface area contributed by atoms with Gasteiger partial charge in [-0.05, 0) is 31.2 Å². The number of hydrogen-bond acceptors (Lipinski definition) is 5. The molecular weight excluding hydrogens is 349 g/mol. The van der Waals surface area contributed by atoms with Crippen molar-refractivity contribution in [1.29, 1.82) is 0 Å². The molecule has 2 aliphatic heterocycles. The summed E-state index contributed by atoms with van der Waals surface area (Å²) in [6, 6.07) is 6.07. The van der Waals surface area contributed by atoms with Crippen LogP contribution in [0.5, 0.6) is 5.75 Å². The fraction of sp³-hybridized carbons (Fsp3) is 0.316. The molecule has 0 aliphatic carbocycles. The smallest absolute Gasteiger partial charge is 0.259 e. The number of carbonyl (C=O) groups excluding carboxylic acids is 1. The average molecular weight is 367 g/mol. The van der Waals surface area contributed by atoms with E-state index in [1.165, 1.54) is 12.1 Å². The SMILES string of the molecule is CC1Nc2ccn3ncc(c3n2)C(=O)N2CC[C@@H](C2)Oc2ccc(F)cc21. The van der Waals surface area contributed by atoms with E-state index in [1.807, 2.05) is 6.92 Å². The molecule has 1 aromatic carbocycles. The van der Waals surface area contributed by atoms with E-state index >= 15 is 0 Å². The van der Waals surface area contributed by atoms with Crippen LogP contribution in [0.1, 0.15) is 35.3 Å². The zero-order valence-corrected chi connectivity index (χ0v) is 14.7. The molecule has 1 saturated heterocycles. The summed E-state index contributed by atoms with van der Waals surface area (Å²) >= 11 is 0. The van der Waals surface area contributed by atoms with Crippen LogP contribution in [0.3, 0.4) is 0 Å². The van der Waals surface area contributed by atoms with Crippen LogP contribution in [0.15, 0.2) is 36.7 Å². The van der Waals surface area contributed by atoms with Gasteiger partial charge in [-0.15, -0.1) is 0 Å². The maximum absolute atomic E-state index is 13.9. The van der Waals surface area contributed by atoms with Gasteiger partial charge in [0.15, 0.2) is 5.65 Å². The van der Waals surface area contributed by atoms with E-state index in [4.69, 9.17) is 4.74 Å². The van der Waals surface area contributed by atoms with Crippen molar-refractivity contribution in [1.82, 2.24) is 19.5 Å². The predicted molar refractivity (Wildman–Crippen MR) is 96.4 cm³/mol. The lowest BCUT2D eigenvalue weighted by atomic mass is 10.1. The van der Waals surface area contributed by atoms with Gasteiger partial charge < -0.3 is 15.0 Å². The number of hydrogen-bond donors (Lipinski definition) is 1. The lowest BCUT2D eigenvalue weighted by Crippen LogP contribution is -2.31. The van der Waals surface area contributed by atoms with E-state index < -0.39 is 0 Å². The summed E-state index contributed by atoms with van der Waals surface area (Å²) in [5.74, 6) is 0.783. The number of halogens is 1. The van der Waals surface area contributed by atoms with Crippen LogP contribution in [0.4, 0.5) is 10.2 Å². The quantitative estimate of drug-likeness (QED) is 0.661. The van der Waals surface area contributed by atoms with Gasteiger partial charge in [0, 0.05) is 24.7 Å². The van der Waals surface area contributed by atoms with Gasteiger partial charge in [-0.1, -0.05) is 0 Å². The highest BCUT2D eigenvalue weighted by Crippen LogP contribution is 2.31. The van der Waals surface area contributed by atoms with E-state index in [0.29, 0.717) is 35.9 Å². The third kappa shape index (κ3) is 2.68. The van der Waals surface area contributed by atoms with Crippen LogP contribution in [0.25, 0.3) is 5.65 Å². The van der Waals surface area contributed by atoms with Crippen LogP contribution >= 0.6 is 0 Å². The lowest BCUT2D eigenvalue weighted by Gasteiger charge is -2.21. The second-order valence-electron chi connectivity index (χ2n) is 6.97. The van der Waals surface area contributed by atoms with Gasteiger partial charge in [-0.3, -0.25) is 4.79 Å². The molecule has 0 saturated carbocycles. The molecule has 4 heterocycles. The van der Waals surface area contributed by atoms with Gasteiger partial charge in [-0.25, -0.2) is 13.9 Å². The molecule has 0 radical (unpaired) electrons. The Morgan fingerprint density at radius 3 is 3.11 bits per heavy atom. The van der Waals surface area contributed by atoms with Crippen LogP contribution in [-0.4, -0.2) is 44.6 Å². The molecule has 2 aliphatic rings. The van der Waals surface area contributed by atoms with E-state index in [0.717, 1.165) is 12.0 Å². The summed E-state index contributed by atoms with van der Waals surface area (Å²) in [4.78, 5) is 19.3. The Balaban J connectivity index is 1.66. The standard InChI is InChI=1S/C19H18FN5O2/c1-11-14-8-12(20)2-3-16(14)27-13-4-6-24(10-13)19(26)15-9-21-25-7-5-17(22-11)23-18(15)25/h2-3,5,7-9,11,13H,4,6,10H2,1H3,(H,22,23)/t11?,13-/m0/s1. The molecule has 1 N–H and O–H groups in total. The van der Waals surface area contributed by atoms with Gasteiger partial charge in [-0.2, -0.15) is 5.10 Å². The van der Waals surface area contributed by atoms with Gasteiger partial charge >= 0.3 is 0 Å². The van der Waals surface area contributed by atoms with Crippen molar-refractivity contribution < 1.29 is 13.9 Å². The summed E-state index contributed by atoms with van der Waals surface area (Å²) in [5.41, 5.74) is 1.68. The van der Waals surface area contributed by atoms with Gasteiger partial charge in [0.25, 0.3) is 5.91 Å². The van der Waals surface area contributed by atoms with E-state index in [9.17, 15) is 9.18 Å². The number of benzene rings is 1. The molecule has 4 bridgehead atoms. The fourth-order valence-corrected chi connectivity index (χ4v) is 3.72. The number of fused-ring (bicyclic) bond motifs is 4. The second kappa shape index (κ2) is 5.94. The van der Waals surface area contributed by atoms with Crippen LogP contribution < -0.4 is 10.1 Å². The molecule has 2 atom stereocenters. The number of amides is 1. The molecule has 5 rings (SSSR count). The van der Waals surface area contributed by atoms with E-state index in [2.05, 4.69) is 15.4 Å². The van der Waals surface area contributed by atoms with Crippen LogP contribution in [-0.2, 0) is 0 Å². The van der Waals surface area contributed by atoms with Crippen molar-refractivity contribution in [2.45, 2.75) is 25.5 Å². The van der Waals surface area contributed by atoms with Crippen molar-refractivity contribution in [3.63, 3.8) is 0 Å². The zero-order chi connectivity index (χ0) is 18.5. The normalized spacial score (nSPS) is 21.9. The Morgan fingerprint density at radius 2 is 2.22 bits per heavy atom. The number of nitrogens with zero attached hydrogens (tertiary/aromatic N) is 4. The molecule has 1 unspecified atom stereocenters. The molecule has 2 aromatic heterocycles. The maximum atomic E-state index is 13.9. The number of nitrogens with one attached hydrogen (secondary N) is 1. The Kier molecular flexibility index (Phi) is 3.53. The number of anilines is 1. The van der Waals surface area contributed by atoms with E-state index in [1.54, 1.807) is 33.9 Å². The minimum Gasteiger partial charge on any atom is -0.488 e. The van der Waals surface area contributed by atoms with Crippen molar-refractivity contribution >= 4 is 17.4 Å². The molecule has 138 valence electrons. The highest BCUT2D eigenvalue weighted by molar-refractivity contribution is 6.00. The first-order chi connectivity index (χ1) is 13.1. The minimum atomic E-state index is -0.319. The third-order valence-corrected chi connectivity index (χ3v) is 5.13. The zero-order valence-electron chi connectivity index (χ0n) is 14.7. The molecule has 1 amide bonds. The van der Waals surface area contributed by atoms with Crippen LogP contribution in [0.2, 0.25) is 0 Å². The van der Waals surface area contributed by atoms with Crippen molar-refractivity contribution in [3.05, 3.63) is 53.6 Å². The summed E-state index contributed by atoms with van der Waals surface area (Å²) in [6.45, 7) is 3.01. The van der Waals surface area contributed by atoms with Gasteiger partial charge in [0.05, 0.1) is 18.8 Å². The summed E-state index contributed by atoms with van der Waals surface area (Å²) in [6.07, 6.45) is 3.90. The first kappa shape index (κ1) is 16.0. The molecule has 7 nitrogen and oxygen atoms in total.